The summed E-state index contributed by atoms with van der Waals surface area (Å²) < 4.78 is 41.6. The number of amides is 1. The number of pyridine rings is 1. The molecule has 9 heteroatoms. The van der Waals surface area contributed by atoms with Gasteiger partial charge in [0.25, 0.3) is 5.91 Å². The molecule has 4 aromatic rings. The fourth-order valence-corrected chi connectivity index (χ4v) is 3.23. The number of anilines is 1. The minimum absolute atomic E-state index is 0.0689. The van der Waals surface area contributed by atoms with E-state index >= 15 is 0 Å². The first-order chi connectivity index (χ1) is 14.2. The summed E-state index contributed by atoms with van der Waals surface area (Å²) in [6, 6.07) is 8.38. The minimum Gasteiger partial charge on any atom is -0.320 e. The second-order valence-corrected chi connectivity index (χ2v) is 6.79. The molecule has 0 bridgehead atoms. The third-order valence-electron chi connectivity index (χ3n) is 4.53. The van der Waals surface area contributed by atoms with Gasteiger partial charge in [-0.2, -0.15) is 18.3 Å². The number of alkyl halides is 3. The number of halogens is 3. The average molecular weight is 411 g/mol. The van der Waals surface area contributed by atoms with Crippen LogP contribution >= 0.6 is 0 Å². The van der Waals surface area contributed by atoms with Gasteiger partial charge in [-0.25, -0.2) is 9.50 Å². The topological polar surface area (TPSA) is 72.2 Å². The normalized spacial score (nSPS) is 11.6. The van der Waals surface area contributed by atoms with Gasteiger partial charge in [-0.05, 0) is 37.6 Å². The van der Waals surface area contributed by atoms with E-state index in [4.69, 9.17) is 0 Å². The number of aromatic nitrogens is 4. The molecule has 1 aromatic carbocycles. The highest BCUT2D eigenvalue weighted by Crippen LogP contribution is 2.36. The van der Waals surface area contributed by atoms with Crippen LogP contribution in [0.15, 0.2) is 55.0 Å². The fourth-order valence-electron chi connectivity index (χ4n) is 3.23. The Morgan fingerprint density at radius 3 is 2.60 bits per heavy atom. The number of carbonyl (C=O) groups excluding carboxylic acids is 1. The molecule has 152 valence electrons. The summed E-state index contributed by atoms with van der Waals surface area (Å²) in [7, 11) is 0. The molecule has 0 saturated carbocycles. The number of hydrogen-bond acceptors (Lipinski definition) is 4. The van der Waals surface area contributed by atoms with E-state index in [-0.39, 0.29) is 22.5 Å². The van der Waals surface area contributed by atoms with E-state index in [0.717, 1.165) is 11.6 Å². The van der Waals surface area contributed by atoms with Gasteiger partial charge in [0, 0.05) is 18.0 Å². The Hall–Kier alpha value is -3.75. The van der Waals surface area contributed by atoms with Gasteiger partial charge < -0.3 is 5.32 Å². The maximum absolute atomic E-state index is 13.4. The molecular weight excluding hydrogens is 395 g/mol. The lowest BCUT2D eigenvalue weighted by molar-refractivity contribution is -0.137. The summed E-state index contributed by atoms with van der Waals surface area (Å²) in [4.78, 5) is 21.3. The van der Waals surface area contributed by atoms with E-state index in [1.807, 2.05) is 6.92 Å². The largest absolute Gasteiger partial charge is 0.417 e. The molecule has 0 atom stereocenters. The molecule has 1 amide bonds. The Balaban J connectivity index is 1.80. The third-order valence-corrected chi connectivity index (χ3v) is 4.53. The summed E-state index contributed by atoms with van der Waals surface area (Å²) in [5.74, 6) is -0.469. The molecule has 0 fully saturated rings. The lowest BCUT2D eigenvalue weighted by Gasteiger charge is -2.12. The first-order valence-corrected chi connectivity index (χ1v) is 8.99. The van der Waals surface area contributed by atoms with E-state index in [1.54, 1.807) is 19.2 Å². The lowest BCUT2D eigenvalue weighted by atomic mass is 10.0. The molecule has 0 radical (unpaired) electrons. The first kappa shape index (κ1) is 19.6. The van der Waals surface area contributed by atoms with Gasteiger partial charge in [0.2, 0.25) is 0 Å². The van der Waals surface area contributed by atoms with E-state index in [2.05, 4.69) is 20.4 Å². The number of aryl methyl sites for hydroxylation is 2. The van der Waals surface area contributed by atoms with Crippen LogP contribution < -0.4 is 5.32 Å². The van der Waals surface area contributed by atoms with Crippen molar-refractivity contribution < 1.29 is 18.0 Å². The predicted molar refractivity (Wildman–Crippen MR) is 105 cm³/mol. The van der Waals surface area contributed by atoms with Crippen LogP contribution in [0.3, 0.4) is 0 Å². The number of carbonyl (C=O) groups is 1. The molecule has 0 aliphatic heterocycles. The van der Waals surface area contributed by atoms with Gasteiger partial charge in [-0.15, -0.1) is 0 Å². The van der Waals surface area contributed by atoms with Crippen LogP contribution in [0.2, 0.25) is 0 Å². The monoisotopic (exact) mass is 411 g/mol. The molecule has 30 heavy (non-hydrogen) atoms. The van der Waals surface area contributed by atoms with Crippen molar-refractivity contribution in [2.75, 3.05) is 5.32 Å². The highest BCUT2D eigenvalue weighted by atomic mass is 19.4. The Bertz CT molecular complexity index is 1260. The van der Waals surface area contributed by atoms with Crippen LogP contribution in [0.25, 0.3) is 16.9 Å². The van der Waals surface area contributed by atoms with E-state index in [1.165, 1.54) is 41.2 Å². The molecule has 0 spiro atoms. The molecule has 0 aliphatic rings. The molecule has 4 rings (SSSR count). The summed E-state index contributed by atoms with van der Waals surface area (Å²) in [6.07, 6.45) is 0.119. The van der Waals surface area contributed by atoms with Crippen molar-refractivity contribution in [3.05, 3.63) is 77.4 Å². The third kappa shape index (κ3) is 3.61. The van der Waals surface area contributed by atoms with Gasteiger partial charge >= 0.3 is 6.18 Å². The van der Waals surface area contributed by atoms with Crippen molar-refractivity contribution >= 4 is 17.2 Å². The zero-order valence-electron chi connectivity index (χ0n) is 16.0. The summed E-state index contributed by atoms with van der Waals surface area (Å²) in [5.41, 5.74) is 1.35. The molecule has 0 saturated heterocycles. The van der Waals surface area contributed by atoms with Gasteiger partial charge in [-0.1, -0.05) is 18.2 Å². The van der Waals surface area contributed by atoms with E-state index in [9.17, 15) is 18.0 Å². The minimum atomic E-state index is -4.53. The van der Waals surface area contributed by atoms with Gasteiger partial charge in [-0.3, -0.25) is 9.78 Å². The summed E-state index contributed by atoms with van der Waals surface area (Å²) >= 11 is 0. The molecule has 0 unspecified atom stereocenters. The summed E-state index contributed by atoms with van der Waals surface area (Å²) in [6.45, 7) is 3.48. The SMILES string of the molecule is Cc1cncc(NC(=O)c2c(C)nn3ccc(-c4ccccc4C(F)(F)F)nc23)c1. The van der Waals surface area contributed by atoms with Crippen LogP contribution in [0.4, 0.5) is 18.9 Å². The smallest absolute Gasteiger partial charge is 0.320 e. The quantitative estimate of drug-likeness (QED) is 0.531. The van der Waals surface area contributed by atoms with Gasteiger partial charge in [0.1, 0.15) is 5.56 Å². The standard InChI is InChI=1S/C21H16F3N5O/c1-12-9-14(11-25-10-12)26-20(30)18-13(2)28-29-8-7-17(27-19(18)29)15-5-3-4-6-16(15)21(22,23)24/h3-11H,1-2H3,(H,26,30). The Labute approximate surface area is 169 Å². The molecule has 1 N–H and O–H groups in total. The number of rotatable bonds is 3. The number of benzene rings is 1. The highest BCUT2D eigenvalue weighted by Gasteiger charge is 2.33. The number of nitrogens with one attached hydrogen (secondary N) is 1. The van der Waals surface area contributed by atoms with Crippen molar-refractivity contribution in [3.8, 4) is 11.3 Å². The zero-order valence-corrected chi connectivity index (χ0v) is 16.0. The van der Waals surface area contributed by atoms with E-state index < -0.39 is 17.6 Å². The first-order valence-electron chi connectivity index (χ1n) is 8.99. The Kier molecular flexibility index (Phi) is 4.73. The van der Waals surface area contributed by atoms with Crippen LogP contribution in [0.5, 0.6) is 0 Å². The molecule has 6 nitrogen and oxygen atoms in total. The highest BCUT2D eigenvalue weighted by molar-refractivity contribution is 6.09. The van der Waals surface area contributed by atoms with Crippen molar-refractivity contribution in [1.29, 1.82) is 0 Å². The molecule has 3 aromatic heterocycles. The number of nitrogens with zero attached hydrogens (tertiary/aromatic N) is 4. The maximum Gasteiger partial charge on any atom is 0.417 e. The van der Waals surface area contributed by atoms with Crippen LogP contribution in [-0.4, -0.2) is 25.5 Å². The van der Waals surface area contributed by atoms with Gasteiger partial charge in [0.05, 0.1) is 28.8 Å². The molecule has 0 aliphatic carbocycles. The molecule has 3 heterocycles. The Morgan fingerprint density at radius 1 is 1.10 bits per heavy atom. The number of fused-ring (bicyclic) bond motifs is 1. The maximum atomic E-state index is 13.4. The number of hydrogen-bond donors (Lipinski definition) is 1. The van der Waals surface area contributed by atoms with Gasteiger partial charge in [0.15, 0.2) is 5.65 Å². The fraction of sp³-hybridized carbons (Fsp3) is 0.143. The van der Waals surface area contributed by atoms with Crippen molar-refractivity contribution in [1.82, 2.24) is 19.6 Å². The summed E-state index contributed by atoms with van der Waals surface area (Å²) in [5, 5.41) is 6.99. The Morgan fingerprint density at radius 2 is 1.87 bits per heavy atom. The molecular formula is C21H16F3N5O. The van der Waals surface area contributed by atoms with Crippen molar-refractivity contribution in [2.24, 2.45) is 0 Å². The predicted octanol–water partition coefficient (Wildman–Crippen LogP) is 4.68. The van der Waals surface area contributed by atoms with Crippen LogP contribution in [0, 0.1) is 13.8 Å². The second-order valence-electron chi connectivity index (χ2n) is 6.79. The lowest BCUT2D eigenvalue weighted by Crippen LogP contribution is -2.14. The zero-order chi connectivity index (χ0) is 21.5. The van der Waals surface area contributed by atoms with E-state index in [0.29, 0.717) is 11.4 Å². The second kappa shape index (κ2) is 7.25. The van der Waals surface area contributed by atoms with Crippen LogP contribution in [-0.2, 0) is 6.18 Å². The van der Waals surface area contributed by atoms with Crippen molar-refractivity contribution in [2.45, 2.75) is 20.0 Å². The van der Waals surface area contributed by atoms with Crippen LogP contribution in [0.1, 0.15) is 27.2 Å². The van der Waals surface area contributed by atoms with Crippen molar-refractivity contribution in [3.63, 3.8) is 0 Å². The average Bonchev–Trinajstić information content (AvgIpc) is 3.02.